The van der Waals surface area contributed by atoms with Crippen LogP contribution in [-0.4, -0.2) is 61.6 Å². The van der Waals surface area contributed by atoms with Gasteiger partial charge in [0, 0.05) is 32.7 Å². The van der Waals surface area contributed by atoms with Crippen LogP contribution < -0.4 is 0 Å². The number of likely N-dealkylation sites (tertiary alicyclic amines) is 2. The highest BCUT2D eigenvalue weighted by Gasteiger charge is 2.31. The molecule has 0 spiro atoms. The number of piperidine rings is 2. The van der Waals surface area contributed by atoms with Crippen LogP contribution in [0.4, 0.5) is 0 Å². The Bertz CT molecular complexity index is 391. The summed E-state index contributed by atoms with van der Waals surface area (Å²) in [5.74, 6) is 2.52. The molecule has 0 aromatic carbocycles. The molecule has 1 aliphatic carbocycles. The lowest BCUT2D eigenvalue weighted by Crippen LogP contribution is -2.47. The van der Waals surface area contributed by atoms with Gasteiger partial charge in [-0.2, -0.15) is 0 Å². The molecule has 166 valence electrons. The van der Waals surface area contributed by atoms with Crippen molar-refractivity contribution in [3.05, 3.63) is 0 Å². The molecule has 3 rings (SSSR count). The van der Waals surface area contributed by atoms with Crippen LogP contribution in [0.5, 0.6) is 0 Å². The van der Waals surface area contributed by atoms with Gasteiger partial charge in [0.2, 0.25) is 5.91 Å². The molecule has 4 nitrogen and oxygen atoms in total. The fourth-order valence-electron chi connectivity index (χ4n) is 4.81. The van der Waals surface area contributed by atoms with E-state index in [0.717, 1.165) is 63.7 Å². The topological polar surface area (TPSA) is 32.8 Å². The second kappa shape index (κ2) is 14.4. The number of hydrogen-bond acceptors (Lipinski definition) is 3. The maximum Gasteiger partial charge on any atom is 0.225 e. The molecule has 3 fully saturated rings. The van der Waals surface area contributed by atoms with E-state index in [9.17, 15) is 4.79 Å². The average Bonchev–Trinajstić information content (AvgIpc) is 2.78. The summed E-state index contributed by atoms with van der Waals surface area (Å²) in [5, 5.41) is 0. The first kappa shape index (κ1) is 25.4. The Kier molecular flexibility index (Phi) is 13.1. The summed E-state index contributed by atoms with van der Waals surface area (Å²) >= 11 is 0. The standard InChI is InChI=1S/C20H36N2O2.2C2H6/c1-16-3-5-17(6-4-16)15-21-11-7-18(8-12-21)20(23)22-13-9-19(24-2)10-14-22;2*1-2/h16-19H,3-15H2,1-2H3;2*1-2H3. The van der Waals surface area contributed by atoms with Crippen molar-refractivity contribution < 1.29 is 9.53 Å². The van der Waals surface area contributed by atoms with Crippen molar-refractivity contribution >= 4 is 5.91 Å². The van der Waals surface area contributed by atoms with Gasteiger partial charge in [-0.1, -0.05) is 47.5 Å². The van der Waals surface area contributed by atoms with Gasteiger partial charge < -0.3 is 14.5 Å². The minimum Gasteiger partial charge on any atom is -0.381 e. The van der Waals surface area contributed by atoms with Crippen LogP contribution in [0.3, 0.4) is 0 Å². The summed E-state index contributed by atoms with van der Waals surface area (Å²) in [6, 6.07) is 0. The van der Waals surface area contributed by atoms with Crippen molar-refractivity contribution in [2.24, 2.45) is 17.8 Å². The third-order valence-corrected chi connectivity index (χ3v) is 6.68. The van der Waals surface area contributed by atoms with Gasteiger partial charge in [-0.25, -0.2) is 0 Å². The maximum absolute atomic E-state index is 12.7. The summed E-state index contributed by atoms with van der Waals surface area (Å²) in [6.07, 6.45) is 10.1. The SMILES string of the molecule is CC.CC.COC1CCN(C(=O)C2CCN(CC3CCC(C)CC3)CC2)CC1. The van der Waals surface area contributed by atoms with E-state index in [4.69, 9.17) is 4.74 Å². The second-order valence-electron chi connectivity index (χ2n) is 8.46. The average molecular weight is 397 g/mol. The molecule has 0 aromatic rings. The summed E-state index contributed by atoms with van der Waals surface area (Å²) in [5.41, 5.74) is 0. The van der Waals surface area contributed by atoms with Gasteiger partial charge in [0.15, 0.2) is 0 Å². The molecule has 0 radical (unpaired) electrons. The van der Waals surface area contributed by atoms with E-state index in [1.165, 1.54) is 32.2 Å². The van der Waals surface area contributed by atoms with Crippen LogP contribution in [-0.2, 0) is 9.53 Å². The highest BCUT2D eigenvalue weighted by molar-refractivity contribution is 5.79. The normalized spacial score (nSPS) is 27.3. The van der Waals surface area contributed by atoms with Gasteiger partial charge in [0.25, 0.3) is 0 Å². The number of amides is 1. The number of methoxy groups -OCH3 is 1. The molecule has 2 saturated heterocycles. The summed E-state index contributed by atoms with van der Waals surface area (Å²) in [7, 11) is 1.78. The van der Waals surface area contributed by atoms with Crippen molar-refractivity contribution in [3.63, 3.8) is 0 Å². The first-order valence-corrected chi connectivity index (χ1v) is 12.2. The summed E-state index contributed by atoms with van der Waals surface area (Å²) < 4.78 is 5.41. The largest absolute Gasteiger partial charge is 0.381 e. The molecule has 3 aliphatic rings. The Morgan fingerprint density at radius 1 is 0.821 bits per heavy atom. The molecular formula is C24H48N2O2. The molecule has 28 heavy (non-hydrogen) atoms. The van der Waals surface area contributed by atoms with Crippen LogP contribution in [0, 0.1) is 17.8 Å². The van der Waals surface area contributed by atoms with Gasteiger partial charge in [-0.15, -0.1) is 0 Å². The van der Waals surface area contributed by atoms with Crippen molar-refractivity contribution in [1.82, 2.24) is 9.80 Å². The fourth-order valence-corrected chi connectivity index (χ4v) is 4.81. The fraction of sp³-hybridized carbons (Fsp3) is 0.958. The van der Waals surface area contributed by atoms with Gasteiger partial charge in [-0.05, 0) is 63.5 Å². The van der Waals surface area contributed by atoms with Crippen molar-refractivity contribution in [1.29, 1.82) is 0 Å². The van der Waals surface area contributed by atoms with Gasteiger partial charge >= 0.3 is 0 Å². The van der Waals surface area contributed by atoms with E-state index >= 15 is 0 Å². The number of nitrogens with zero attached hydrogens (tertiary/aromatic N) is 2. The zero-order chi connectivity index (χ0) is 20.9. The first-order chi connectivity index (χ1) is 13.7. The lowest BCUT2D eigenvalue weighted by Gasteiger charge is -2.38. The third kappa shape index (κ3) is 8.02. The Labute approximate surface area is 175 Å². The van der Waals surface area contributed by atoms with Crippen LogP contribution in [0.1, 0.15) is 86.0 Å². The molecule has 2 heterocycles. The smallest absolute Gasteiger partial charge is 0.225 e. The van der Waals surface area contributed by atoms with E-state index < -0.39 is 0 Å². The second-order valence-corrected chi connectivity index (χ2v) is 8.46. The highest BCUT2D eigenvalue weighted by atomic mass is 16.5. The number of hydrogen-bond donors (Lipinski definition) is 0. The van der Waals surface area contributed by atoms with E-state index in [0.29, 0.717) is 12.0 Å². The number of rotatable bonds is 4. The monoisotopic (exact) mass is 396 g/mol. The minimum absolute atomic E-state index is 0.270. The number of ether oxygens (including phenoxy) is 1. The van der Waals surface area contributed by atoms with Gasteiger partial charge in [0.05, 0.1) is 6.10 Å². The van der Waals surface area contributed by atoms with Crippen molar-refractivity contribution in [2.45, 2.75) is 92.1 Å². The molecule has 0 N–H and O–H groups in total. The van der Waals surface area contributed by atoms with Crippen molar-refractivity contribution in [3.8, 4) is 0 Å². The highest BCUT2D eigenvalue weighted by Crippen LogP contribution is 2.30. The summed E-state index contributed by atoms with van der Waals surface area (Å²) in [6.45, 7) is 15.7. The zero-order valence-corrected chi connectivity index (χ0v) is 19.7. The molecular weight excluding hydrogens is 348 g/mol. The van der Waals surface area contributed by atoms with E-state index in [2.05, 4.69) is 16.7 Å². The van der Waals surface area contributed by atoms with Crippen LogP contribution in [0.2, 0.25) is 0 Å². The van der Waals surface area contributed by atoms with Gasteiger partial charge in [0.1, 0.15) is 0 Å². The lowest BCUT2D eigenvalue weighted by molar-refractivity contribution is -0.139. The Morgan fingerprint density at radius 2 is 1.36 bits per heavy atom. The summed E-state index contributed by atoms with van der Waals surface area (Å²) in [4.78, 5) is 17.5. The molecule has 1 amide bonds. The number of carbonyl (C=O) groups excluding carboxylic acids is 1. The first-order valence-electron chi connectivity index (χ1n) is 12.2. The minimum atomic E-state index is 0.270. The zero-order valence-electron chi connectivity index (χ0n) is 19.7. The van der Waals surface area contributed by atoms with E-state index in [1.807, 2.05) is 27.7 Å². The quantitative estimate of drug-likeness (QED) is 0.653. The predicted octanol–water partition coefficient (Wildman–Crippen LogP) is 5.21. The van der Waals surface area contributed by atoms with Gasteiger partial charge in [-0.3, -0.25) is 4.79 Å². The third-order valence-electron chi connectivity index (χ3n) is 6.68. The molecule has 1 saturated carbocycles. The van der Waals surface area contributed by atoms with E-state index in [-0.39, 0.29) is 5.92 Å². The maximum atomic E-state index is 12.7. The Morgan fingerprint density at radius 3 is 1.86 bits per heavy atom. The van der Waals surface area contributed by atoms with E-state index in [1.54, 1.807) is 7.11 Å². The Balaban J connectivity index is 0.000000921. The van der Waals surface area contributed by atoms with Crippen LogP contribution >= 0.6 is 0 Å². The molecule has 4 heteroatoms. The molecule has 0 aromatic heterocycles. The lowest BCUT2D eigenvalue weighted by atomic mass is 9.82. The van der Waals surface area contributed by atoms with Crippen molar-refractivity contribution in [2.75, 3.05) is 39.8 Å². The Hall–Kier alpha value is -0.610. The molecule has 0 bridgehead atoms. The van der Waals surface area contributed by atoms with Crippen LogP contribution in [0.15, 0.2) is 0 Å². The predicted molar refractivity (Wildman–Crippen MR) is 120 cm³/mol. The molecule has 2 aliphatic heterocycles. The molecule has 0 atom stereocenters. The molecule has 0 unspecified atom stereocenters. The van der Waals surface area contributed by atoms with Crippen LogP contribution in [0.25, 0.3) is 0 Å². The number of carbonyl (C=O) groups is 1.